The molecule has 6 nitrogen and oxygen atoms in total. The van der Waals surface area contributed by atoms with Crippen molar-refractivity contribution in [1.82, 2.24) is 0 Å². The third-order valence-corrected chi connectivity index (χ3v) is 11.1. The summed E-state index contributed by atoms with van der Waals surface area (Å²) >= 11 is 0. The van der Waals surface area contributed by atoms with Crippen molar-refractivity contribution in [2.75, 3.05) is 19.8 Å². The van der Waals surface area contributed by atoms with Crippen molar-refractivity contribution in [3.8, 4) is 0 Å². The molecule has 1 aromatic carbocycles. The average molecular weight is 757 g/mol. The lowest BCUT2D eigenvalue weighted by atomic mass is 9.99. The van der Waals surface area contributed by atoms with Gasteiger partial charge in [0, 0.05) is 0 Å². The molecule has 0 aliphatic rings. The van der Waals surface area contributed by atoms with Crippen LogP contribution in [0.4, 0.5) is 0 Å². The fourth-order valence-corrected chi connectivity index (χ4v) is 7.10. The Morgan fingerprint density at radius 1 is 0.407 bits per heavy atom. The summed E-state index contributed by atoms with van der Waals surface area (Å²) in [6.45, 7) is 14.2. The van der Waals surface area contributed by atoms with Gasteiger partial charge in [0.2, 0.25) is 0 Å². The van der Waals surface area contributed by atoms with Crippen LogP contribution in [0.1, 0.15) is 246 Å². The van der Waals surface area contributed by atoms with Gasteiger partial charge in [-0.15, -0.1) is 0 Å². The molecular weight excluding hydrogens is 673 g/mol. The maximum absolute atomic E-state index is 13.4. The molecule has 0 heterocycles. The van der Waals surface area contributed by atoms with E-state index in [4.69, 9.17) is 14.2 Å². The number of carbonyl (C=O) groups is 3. The Bertz CT molecular complexity index is 1080. The summed E-state index contributed by atoms with van der Waals surface area (Å²) in [5.74, 6) is -0.282. The van der Waals surface area contributed by atoms with E-state index < -0.39 is 17.9 Å². The van der Waals surface area contributed by atoms with Gasteiger partial charge in [-0.1, -0.05) is 196 Å². The summed E-state index contributed by atoms with van der Waals surface area (Å²) in [5, 5.41) is 0. The van der Waals surface area contributed by atoms with E-state index in [1.165, 1.54) is 147 Å². The molecular formula is C48H84O6. The number of carbonyl (C=O) groups excluding carboxylic acids is 3. The van der Waals surface area contributed by atoms with Crippen LogP contribution in [-0.4, -0.2) is 37.7 Å². The lowest BCUT2D eigenvalue weighted by Crippen LogP contribution is -2.18. The molecule has 54 heavy (non-hydrogen) atoms. The van der Waals surface area contributed by atoms with E-state index in [2.05, 4.69) is 41.5 Å². The van der Waals surface area contributed by atoms with Gasteiger partial charge in [-0.3, -0.25) is 0 Å². The third-order valence-electron chi connectivity index (χ3n) is 11.1. The SMILES string of the molecule is CCCCCCCCCC(C)CCOC(=O)c1ccc(C(=O)OCCC(C)CCCCCCCCC)c(C(=O)OCCC(C)CCCCCCCCC)c1. The van der Waals surface area contributed by atoms with Crippen LogP contribution in [0.5, 0.6) is 0 Å². The Morgan fingerprint density at radius 2 is 0.722 bits per heavy atom. The summed E-state index contributed by atoms with van der Waals surface area (Å²) in [4.78, 5) is 39.8. The zero-order chi connectivity index (χ0) is 39.7. The van der Waals surface area contributed by atoms with Gasteiger partial charge < -0.3 is 14.2 Å². The lowest BCUT2D eigenvalue weighted by Gasteiger charge is -2.15. The number of hydrogen-bond donors (Lipinski definition) is 0. The number of ether oxygens (including phenoxy) is 3. The van der Waals surface area contributed by atoms with E-state index >= 15 is 0 Å². The quantitative estimate of drug-likeness (QED) is 0.0385. The van der Waals surface area contributed by atoms with Crippen molar-refractivity contribution >= 4 is 17.9 Å². The van der Waals surface area contributed by atoms with Gasteiger partial charge in [-0.25, -0.2) is 14.4 Å². The molecule has 0 bridgehead atoms. The highest BCUT2D eigenvalue weighted by Crippen LogP contribution is 2.21. The van der Waals surface area contributed by atoms with E-state index in [0.29, 0.717) is 31.0 Å². The van der Waals surface area contributed by atoms with E-state index in [-0.39, 0.29) is 23.3 Å². The molecule has 0 aliphatic heterocycles. The van der Waals surface area contributed by atoms with Gasteiger partial charge in [0.05, 0.1) is 36.5 Å². The first kappa shape index (κ1) is 49.6. The van der Waals surface area contributed by atoms with Gasteiger partial charge in [0.1, 0.15) is 0 Å². The Balaban J connectivity index is 2.72. The minimum absolute atomic E-state index is 0.0672. The van der Waals surface area contributed by atoms with E-state index in [9.17, 15) is 14.4 Å². The van der Waals surface area contributed by atoms with E-state index in [1.54, 1.807) is 6.07 Å². The molecule has 6 heteroatoms. The van der Waals surface area contributed by atoms with Gasteiger partial charge in [0.15, 0.2) is 0 Å². The molecule has 3 atom stereocenters. The minimum atomic E-state index is -0.602. The van der Waals surface area contributed by atoms with Crippen molar-refractivity contribution in [3.63, 3.8) is 0 Å². The zero-order valence-corrected chi connectivity index (χ0v) is 36.1. The van der Waals surface area contributed by atoms with Crippen LogP contribution in [-0.2, 0) is 14.2 Å². The van der Waals surface area contributed by atoms with Crippen molar-refractivity contribution in [2.24, 2.45) is 17.8 Å². The molecule has 0 aromatic heterocycles. The van der Waals surface area contributed by atoms with Crippen LogP contribution >= 0.6 is 0 Å². The fraction of sp³-hybridized carbons (Fsp3) is 0.812. The largest absolute Gasteiger partial charge is 0.462 e. The second-order valence-electron chi connectivity index (χ2n) is 16.6. The molecule has 0 N–H and O–H groups in total. The first-order chi connectivity index (χ1) is 26.2. The Hall–Kier alpha value is -2.37. The summed E-state index contributed by atoms with van der Waals surface area (Å²) in [5.41, 5.74) is 0.446. The second kappa shape index (κ2) is 33.9. The number of rotatable bonds is 36. The number of unbranched alkanes of at least 4 members (excludes halogenated alkanes) is 18. The van der Waals surface area contributed by atoms with Gasteiger partial charge in [0.25, 0.3) is 0 Å². The molecule has 312 valence electrons. The molecule has 0 amide bonds. The Morgan fingerprint density at radius 3 is 1.09 bits per heavy atom. The Kier molecular flexibility index (Phi) is 31.2. The van der Waals surface area contributed by atoms with Crippen LogP contribution < -0.4 is 0 Å². The van der Waals surface area contributed by atoms with Crippen LogP contribution in [0.25, 0.3) is 0 Å². The van der Waals surface area contributed by atoms with Crippen LogP contribution in [0.2, 0.25) is 0 Å². The van der Waals surface area contributed by atoms with Gasteiger partial charge in [-0.05, 0) is 55.2 Å². The highest BCUT2D eigenvalue weighted by molar-refractivity contribution is 6.05. The highest BCUT2D eigenvalue weighted by Gasteiger charge is 2.23. The zero-order valence-electron chi connectivity index (χ0n) is 36.1. The van der Waals surface area contributed by atoms with Crippen molar-refractivity contribution in [1.29, 1.82) is 0 Å². The van der Waals surface area contributed by atoms with Gasteiger partial charge >= 0.3 is 17.9 Å². The molecule has 1 aromatic rings. The summed E-state index contributed by atoms with van der Waals surface area (Å²) in [7, 11) is 0. The first-order valence-corrected chi connectivity index (χ1v) is 22.9. The molecule has 0 spiro atoms. The molecule has 0 aliphatic carbocycles. The lowest BCUT2D eigenvalue weighted by molar-refractivity contribution is 0.0433. The third kappa shape index (κ3) is 25.7. The smallest absolute Gasteiger partial charge is 0.339 e. The average Bonchev–Trinajstić information content (AvgIpc) is 3.16. The van der Waals surface area contributed by atoms with Crippen LogP contribution in [0.15, 0.2) is 18.2 Å². The standard InChI is InChI=1S/C48H84O6/c1-7-10-13-16-19-22-25-28-40(4)33-36-52-46(49)43-31-32-44(47(50)53-37-34-41(5)29-26-23-20-17-14-11-8-2)45(39-43)48(51)54-38-35-42(6)30-27-24-21-18-15-12-9-3/h31-32,39-42H,7-30,33-38H2,1-6H3. The molecule has 3 unspecified atom stereocenters. The topological polar surface area (TPSA) is 78.9 Å². The molecule has 1 rings (SSSR count). The van der Waals surface area contributed by atoms with Gasteiger partial charge in [-0.2, -0.15) is 0 Å². The Labute approximate surface area is 333 Å². The normalized spacial score (nSPS) is 13.0. The maximum Gasteiger partial charge on any atom is 0.339 e. The molecule has 0 saturated heterocycles. The van der Waals surface area contributed by atoms with E-state index in [0.717, 1.165) is 38.5 Å². The van der Waals surface area contributed by atoms with Crippen molar-refractivity contribution in [3.05, 3.63) is 34.9 Å². The molecule has 0 radical (unpaired) electrons. The fourth-order valence-electron chi connectivity index (χ4n) is 7.10. The minimum Gasteiger partial charge on any atom is -0.462 e. The summed E-state index contributed by atoms with van der Waals surface area (Å²) in [6.07, 6.45) is 32.7. The van der Waals surface area contributed by atoms with Crippen molar-refractivity contribution in [2.45, 2.75) is 215 Å². The predicted molar refractivity (Wildman–Crippen MR) is 226 cm³/mol. The number of esters is 3. The highest BCUT2D eigenvalue weighted by atomic mass is 16.5. The second-order valence-corrected chi connectivity index (χ2v) is 16.6. The van der Waals surface area contributed by atoms with E-state index in [1.807, 2.05) is 0 Å². The summed E-state index contributed by atoms with van der Waals surface area (Å²) in [6, 6.07) is 4.53. The predicted octanol–water partition coefficient (Wildman–Crippen LogP) is 14.7. The monoisotopic (exact) mass is 757 g/mol. The maximum atomic E-state index is 13.4. The number of benzene rings is 1. The first-order valence-electron chi connectivity index (χ1n) is 22.9. The summed E-state index contributed by atoms with van der Waals surface area (Å²) < 4.78 is 17.0. The molecule has 0 saturated carbocycles. The molecule has 0 fully saturated rings. The van der Waals surface area contributed by atoms with Crippen molar-refractivity contribution < 1.29 is 28.6 Å². The number of hydrogen-bond acceptors (Lipinski definition) is 6. The van der Waals surface area contributed by atoms with Crippen LogP contribution in [0, 0.1) is 17.8 Å². The van der Waals surface area contributed by atoms with Crippen LogP contribution in [0.3, 0.4) is 0 Å².